The Balaban J connectivity index is 1.55. The second-order valence-corrected chi connectivity index (χ2v) is 6.46. The molecule has 3 rings (SSSR count). The van der Waals surface area contributed by atoms with Crippen molar-refractivity contribution < 1.29 is 14.0 Å². The average molecular weight is 360 g/mol. The van der Waals surface area contributed by atoms with E-state index >= 15 is 0 Å². The zero-order valence-corrected chi connectivity index (χ0v) is 14.8. The third-order valence-electron chi connectivity index (χ3n) is 4.46. The first kappa shape index (κ1) is 18.0. The van der Waals surface area contributed by atoms with Crippen molar-refractivity contribution in [1.29, 1.82) is 0 Å². The van der Waals surface area contributed by atoms with Crippen molar-refractivity contribution in [3.8, 4) is 11.4 Å². The maximum atomic E-state index is 13.3. The summed E-state index contributed by atoms with van der Waals surface area (Å²) in [6.45, 7) is 4.47. The second kappa shape index (κ2) is 7.59. The van der Waals surface area contributed by atoms with E-state index in [1.54, 1.807) is 30.9 Å². The fraction of sp³-hybridized carbons (Fsp3) is 0.471. The Labute approximate surface area is 150 Å². The number of piperidine rings is 1. The number of tetrazole rings is 1. The number of amides is 2. The van der Waals surface area contributed by atoms with Crippen molar-refractivity contribution in [1.82, 2.24) is 30.4 Å². The summed E-state index contributed by atoms with van der Waals surface area (Å²) in [4.78, 5) is 26.5. The van der Waals surface area contributed by atoms with Gasteiger partial charge in [-0.05, 0) is 48.7 Å². The Morgan fingerprint density at radius 2 is 2.04 bits per heavy atom. The van der Waals surface area contributed by atoms with Gasteiger partial charge in [-0.2, -0.15) is 4.80 Å². The van der Waals surface area contributed by atoms with Gasteiger partial charge in [-0.15, -0.1) is 10.2 Å². The number of hydrogen-bond acceptors (Lipinski definition) is 5. The SMILES string of the molecule is CC(=O)N1CCC(NC(=O)Cn2nnc(-c3ccc(F)c(C)c3)n2)CC1. The molecule has 1 N–H and O–H groups in total. The van der Waals surface area contributed by atoms with Crippen LogP contribution >= 0.6 is 0 Å². The molecular formula is C17H21FN6O2. The van der Waals surface area contributed by atoms with Gasteiger partial charge in [0.05, 0.1) is 0 Å². The number of aryl methyl sites for hydroxylation is 1. The first-order valence-corrected chi connectivity index (χ1v) is 8.51. The Morgan fingerprint density at radius 3 is 2.69 bits per heavy atom. The quantitative estimate of drug-likeness (QED) is 0.875. The first-order valence-electron chi connectivity index (χ1n) is 8.51. The smallest absolute Gasteiger partial charge is 0.243 e. The van der Waals surface area contributed by atoms with Crippen LogP contribution in [0.3, 0.4) is 0 Å². The number of likely N-dealkylation sites (tertiary alicyclic amines) is 1. The first-order chi connectivity index (χ1) is 12.4. The van der Waals surface area contributed by atoms with E-state index in [2.05, 4.69) is 20.7 Å². The number of nitrogens with zero attached hydrogens (tertiary/aromatic N) is 5. The van der Waals surface area contributed by atoms with Gasteiger partial charge in [0.15, 0.2) is 0 Å². The van der Waals surface area contributed by atoms with E-state index in [9.17, 15) is 14.0 Å². The average Bonchev–Trinajstić information content (AvgIpc) is 3.06. The minimum Gasteiger partial charge on any atom is -0.352 e. The van der Waals surface area contributed by atoms with Crippen molar-refractivity contribution in [2.75, 3.05) is 13.1 Å². The molecule has 0 spiro atoms. The van der Waals surface area contributed by atoms with Crippen LogP contribution in [-0.2, 0) is 16.1 Å². The van der Waals surface area contributed by atoms with Gasteiger partial charge in [0.25, 0.3) is 0 Å². The van der Waals surface area contributed by atoms with Crippen LogP contribution in [-0.4, -0.2) is 56.1 Å². The lowest BCUT2D eigenvalue weighted by Crippen LogP contribution is -2.46. The summed E-state index contributed by atoms with van der Waals surface area (Å²) in [5.41, 5.74) is 1.14. The van der Waals surface area contributed by atoms with Crippen LogP contribution < -0.4 is 5.32 Å². The van der Waals surface area contributed by atoms with Gasteiger partial charge in [-0.25, -0.2) is 4.39 Å². The molecule has 0 atom stereocenters. The summed E-state index contributed by atoms with van der Waals surface area (Å²) in [6.07, 6.45) is 1.46. The lowest BCUT2D eigenvalue weighted by atomic mass is 10.1. The van der Waals surface area contributed by atoms with Crippen LogP contribution in [0.2, 0.25) is 0 Å². The topological polar surface area (TPSA) is 93.0 Å². The molecule has 1 fully saturated rings. The number of carbonyl (C=O) groups excluding carboxylic acids is 2. The number of carbonyl (C=O) groups is 2. The summed E-state index contributed by atoms with van der Waals surface area (Å²) >= 11 is 0. The van der Waals surface area contributed by atoms with E-state index < -0.39 is 0 Å². The van der Waals surface area contributed by atoms with Gasteiger partial charge in [0.1, 0.15) is 12.4 Å². The highest BCUT2D eigenvalue weighted by atomic mass is 19.1. The van der Waals surface area contributed by atoms with Gasteiger partial charge in [-0.3, -0.25) is 9.59 Å². The van der Waals surface area contributed by atoms with Crippen molar-refractivity contribution in [3.05, 3.63) is 29.6 Å². The van der Waals surface area contributed by atoms with Gasteiger partial charge in [-0.1, -0.05) is 0 Å². The molecule has 0 bridgehead atoms. The number of hydrogen-bond donors (Lipinski definition) is 1. The predicted octanol–water partition coefficient (Wildman–Crippen LogP) is 0.915. The monoisotopic (exact) mass is 360 g/mol. The normalized spacial score (nSPS) is 15.1. The number of benzene rings is 1. The fourth-order valence-corrected chi connectivity index (χ4v) is 2.95. The van der Waals surface area contributed by atoms with Crippen molar-refractivity contribution >= 4 is 11.8 Å². The minimum atomic E-state index is -0.295. The predicted molar refractivity (Wildman–Crippen MR) is 91.4 cm³/mol. The molecule has 0 radical (unpaired) electrons. The number of rotatable bonds is 4. The Morgan fingerprint density at radius 1 is 1.31 bits per heavy atom. The Hall–Kier alpha value is -2.84. The van der Waals surface area contributed by atoms with E-state index in [-0.39, 0.29) is 30.2 Å². The molecule has 26 heavy (non-hydrogen) atoms. The van der Waals surface area contributed by atoms with Crippen LogP contribution in [0.1, 0.15) is 25.3 Å². The van der Waals surface area contributed by atoms with E-state index in [0.717, 1.165) is 12.8 Å². The zero-order valence-electron chi connectivity index (χ0n) is 14.8. The van der Waals surface area contributed by atoms with Crippen LogP contribution in [0.4, 0.5) is 4.39 Å². The van der Waals surface area contributed by atoms with Crippen molar-refractivity contribution in [2.45, 2.75) is 39.3 Å². The molecular weight excluding hydrogens is 339 g/mol. The summed E-state index contributed by atoms with van der Waals surface area (Å²) in [6, 6.07) is 4.61. The van der Waals surface area contributed by atoms with Gasteiger partial charge in [0.2, 0.25) is 17.6 Å². The van der Waals surface area contributed by atoms with Gasteiger partial charge in [0, 0.05) is 31.6 Å². The number of halogens is 1. The third-order valence-corrected chi connectivity index (χ3v) is 4.46. The zero-order chi connectivity index (χ0) is 18.7. The molecule has 1 saturated heterocycles. The highest BCUT2D eigenvalue weighted by Gasteiger charge is 2.22. The van der Waals surface area contributed by atoms with Crippen LogP contribution in [0.5, 0.6) is 0 Å². The lowest BCUT2D eigenvalue weighted by Gasteiger charge is -2.31. The van der Waals surface area contributed by atoms with E-state index in [1.165, 1.54) is 10.9 Å². The second-order valence-electron chi connectivity index (χ2n) is 6.46. The summed E-state index contributed by atoms with van der Waals surface area (Å²) < 4.78 is 13.3. The molecule has 2 aromatic rings. The third kappa shape index (κ3) is 4.22. The number of aromatic nitrogens is 4. The van der Waals surface area contributed by atoms with Crippen molar-refractivity contribution in [2.24, 2.45) is 0 Å². The summed E-state index contributed by atoms with van der Waals surface area (Å²) in [7, 11) is 0. The van der Waals surface area contributed by atoms with Crippen LogP contribution in [0.25, 0.3) is 11.4 Å². The van der Waals surface area contributed by atoms with E-state index in [1.807, 2.05) is 0 Å². The highest BCUT2D eigenvalue weighted by molar-refractivity contribution is 5.76. The molecule has 9 heteroatoms. The molecule has 2 amide bonds. The van der Waals surface area contributed by atoms with E-state index in [0.29, 0.717) is 30.0 Å². The summed E-state index contributed by atoms with van der Waals surface area (Å²) in [5, 5.41) is 14.9. The Bertz CT molecular complexity index is 813. The molecule has 1 aliphatic heterocycles. The molecule has 138 valence electrons. The maximum absolute atomic E-state index is 13.3. The van der Waals surface area contributed by atoms with Crippen LogP contribution in [0, 0.1) is 12.7 Å². The van der Waals surface area contributed by atoms with Gasteiger partial charge >= 0.3 is 0 Å². The van der Waals surface area contributed by atoms with Crippen molar-refractivity contribution in [3.63, 3.8) is 0 Å². The molecule has 1 aromatic carbocycles. The molecule has 2 heterocycles. The standard InChI is InChI=1S/C17H21FN6O2/c1-11-9-13(3-4-15(11)18)17-20-22-24(21-17)10-16(26)19-14-5-7-23(8-6-14)12(2)25/h3-4,9,14H,5-8,10H2,1-2H3,(H,19,26). The number of nitrogens with one attached hydrogen (secondary N) is 1. The molecule has 1 aromatic heterocycles. The van der Waals surface area contributed by atoms with Crippen LogP contribution in [0.15, 0.2) is 18.2 Å². The molecule has 0 unspecified atom stereocenters. The van der Waals surface area contributed by atoms with Gasteiger partial charge < -0.3 is 10.2 Å². The summed E-state index contributed by atoms with van der Waals surface area (Å²) in [5.74, 6) is -0.0948. The maximum Gasteiger partial charge on any atom is 0.243 e. The highest BCUT2D eigenvalue weighted by Crippen LogP contribution is 2.17. The minimum absolute atomic E-state index is 0.0416. The molecule has 0 saturated carbocycles. The molecule has 1 aliphatic rings. The molecule has 8 nitrogen and oxygen atoms in total. The molecule has 0 aliphatic carbocycles. The lowest BCUT2D eigenvalue weighted by molar-refractivity contribution is -0.130. The Kier molecular flexibility index (Phi) is 5.24. The van der Waals surface area contributed by atoms with E-state index in [4.69, 9.17) is 0 Å². The fourth-order valence-electron chi connectivity index (χ4n) is 2.95. The largest absolute Gasteiger partial charge is 0.352 e.